The minimum absolute atomic E-state index is 1.24. The number of halogens is 6. The van der Waals surface area contributed by atoms with E-state index < -0.39 is 51.6 Å². The van der Waals surface area contributed by atoms with Crippen LogP contribution < -0.4 is 15.9 Å². The molecular weight excluding hydrogens is 666 g/mol. The summed E-state index contributed by atoms with van der Waals surface area (Å²) >= 11 is 0. The predicted octanol–water partition coefficient (Wildman–Crippen LogP) is -1.93. The fourth-order valence-corrected chi connectivity index (χ4v) is 8.58. The minimum Gasteiger partial charge on any atom is -0.398 e. The van der Waals surface area contributed by atoms with Gasteiger partial charge in [-0.3, -0.25) is 25.9 Å². The van der Waals surface area contributed by atoms with Crippen LogP contribution in [0.5, 0.6) is 0 Å². The molecule has 0 atom stereocenters. The van der Waals surface area contributed by atoms with Gasteiger partial charge in [0.2, 0.25) is 0 Å². The Labute approximate surface area is 270 Å². The van der Waals surface area contributed by atoms with E-state index in [2.05, 4.69) is 97.9 Å². The second-order valence-corrected chi connectivity index (χ2v) is 12.0. The summed E-state index contributed by atoms with van der Waals surface area (Å²) in [7, 11) is -17.9. The van der Waals surface area contributed by atoms with E-state index in [0.29, 0.717) is 0 Å². The molecule has 25 heteroatoms. The van der Waals surface area contributed by atoms with E-state index in [9.17, 15) is 25.9 Å². The largest absolute Gasteiger partial charge is 0.674 e. The molecule has 0 saturated carbocycles. The van der Waals surface area contributed by atoms with E-state index in [1.54, 1.807) is 0 Å². The third-order valence-electron chi connectivity index (χ3n) is 4.71. The normalized spacial score (nSPS) is 9.34. The molecule has 3 aromatic carbocycles. The van der Waals surface area contributed by atoms with Crippen LogP contribution in [0.25, 0.3) is 0 Å². The Balaban J connectivity index is -0.000000314. The topological polar surface area (TPSA) is 243 Å². The fraction of sp³-hybridized carbons (Fsp3) is 0.182. The van der Waals surface area contributed by atoms with Gasteiger partial charge in [0.15, 0.2) is 0 Å². The summed E-state index contributed by atoms with van der Waals surface area (Å²) in [5.41, 5.74) is 0. The van der Waals surface area contributed by atoms with E-state index in [4.69, 9.17) is 60.3 Å². The molecule has 12 nitrogen and oxygen atoms in total. The van der Waals surface area contributed by atoms with Crippen LogP contribution in [0, 0.1) is 0 Å². The van der Waals surface area contributed by atoms with Gasteiger partial charge in [0.1, 0.15) is 0 Å². The molecule has 0 radical (unpaired) electrons. The molecule has 262 valence electrons. The zero-order chi connectivity index (χ0) is 37.4. The number of rotatable bonds is 6. The van der Waals surface area contributed by atoms with Crippen LogP contribution in [0.4, 0.5) is 25.9 Å². The van der Waals surface area contributed by atoms with E-state index in [1.807, 2.05) is 0 Å². The monoisotopic (exact) mass is 704 g/mol. The predicted molar refractivity (Wildman–Crippen MR) is 174 cm³/mol. The first kappa shape index (κ1) is 51.4. The van der Waals surface area contributed by atoms with E-state index in [1.165, 1.54) is 34.9 Å². The van der Waals surface area contributed by atoms with Crippen LogP contribution in [-0.4, -0.2) is 111 Å². The van der Waals surface area contributed by atoms with Gasteiger partial charge in [0, 0.05) is 0 Å². The molecule has 0 spiro atoms. The summed E-state index contributed by atoms with van der Waals surface area (Å²) < 4.78 is 60.7. The van der Waals surface area contributed by atoms with Gasteiger partial charge < -0.3 is 60.3 Å². The number of hydrogen-bond donors (Lipinski definition) is 12. The van der Waals surface area contributed by atoms with Gasteiger partial charge in [0.25, 0.3) is 0 Å². The average molecular weight is 703 g/mol. The first-order chi connectivity index (χ1) is 21.8. The Morgan fingerprint density at radius 2 is 0.574 bits per heavy atom. The van der Waals surface area contributed by atoms with Gasteiger partial charge in [-0.05, 0) is 0 Å². The van der Waals surface area contributed by atoms with Crippen molar-refractivity contribution in [2.45, 2.75) is 19.8 Å². The summed E-state index contributed by atoms with van der Waals surface area (Å²) in [4.78, 5) is 0. The average Bonchev–Trinajstić information content (AvgIpc) is 2.94. The minimum atomic E-state index is -2.67. The number of hydrogen-bond acceptors (Lipinski definition) is 12. The van der Waals surface area contributed by atoms with Crippen LogP contribution in [0.15, 0.2) is 91.0 Å². The first-order valence-corrected chi connectivity index (χ1v) is 15.2. The van der Waals surface area contributed by atoms with Crippen molar-refractivity contribution in [1.29, 1.82) is 0 Å². The third kappa shape index (κ3) is 37.9. The van der Waals surface area contributed by atoms with Crippen molar-refractivity contribution in [3.05, 3.63) is 91.0 Å². The molecule has 0 aliphatic heterocycles. The summed E-state index contributed by atoms with van der Waals surface area (Å²) in [6.45, 7) is 2.29. The van der Waals surface area contributed by atoms with Gasteiger partial charge in [-0.15, -0.1) is 0 Å². The van der Waals surface area contributed by atoms with Crippen molar-refractivity contribution >= 4 is 67.5 Å². The molecule has 47 heavy (non-hydrogen) atoms. The molecule has 3 aromatic rings. The third-order valence-corrected chi connectivity index (χ3v) is 9.77. The zero-order valence-corrected chi connectivity index (χ0v) is 25.9. The Morgan fingerprint density at radius 3 is 0.723 bits per heavy atom. The first-order valence-electron chi connectivity index (χ1n) is 13.0. The van der Waals surface area contributed by atoms with Crippen molar-refractivity contribution in [1.82, 2.24) is 0 Å². The van der Waals surface area contributed by atoms with Gasteiger partial charge in [-0.1, -0.05) is 0 Å². The summed E-state index contributed by atoms with van der Waals surface area (Å²) in [5.74, 6) is 0. The standard InChI is InChI=1S/C22H25P.6BFH2O2/c1-2-3-19-23(20-13-7-4-8-14-20,21-15-9-5-10-16-21)22-17-11-6-12-18-22;6*2-1(3)4/h4-18,23H,2-3,19H2,1H3;6*3-4H. The fourth-order valence-electron chi connectivity index (χ4n) is 3.54. The van der Waals surface area contributed by atoms with Crippen molar-refractivity contribution < 1.29 is 86.2 Å². The van der Waals surface area contributed by atoms with Crippen LogP contribution in [-0.2, 0) is 0 Å². The van der Waals surface area contributed by atoms with Crippen LogP contribution >= 0.6 is 7.26 Å². The number of benzene rings is 3. The molecule has 0 aromatic heterocycles. The summed E-state index contributed by atoms with van der Waals surface area (Å²) in [5, 5.41) is 87.9. The molecular formula is C22H37B6F6O12P. The molecule has 0 heterocycles. The molecule has 0 bridgehead atoms. The van der Waals surface area contributed by atoms with E-state index in [0.717, 1.165) is 0 Å². The molecule has 0 aliphatic carbocycles. The summed E-state index contributed by atoms with van der Waals surface area (Å²) in [6, 6.07) is 33.5. The second kappa shape index (κ2) is 33.5. The Morgan fingerprint density at radius 1 is 0.404 bits per heavy atom. The van der Waals surface area contributed by atoms with Gasteiger partial charge in [0.05, 0.1) is 0 Å². The Kier molecular flexibility index (Phi) is 36.6. The van der Waals surface area contributed by atoms with Crippen LogP contribution in [0.1, 0.15) is 19.8 Å². The SMILES string of the molecule is CCCC[PH](c1ccccc1)(c1ccccc1)c1ccccc1.OB(O)F.OB(O)F.OB(O)F.OB(O)F.OB(O)F.OB(O)F. The maximum Gasteiger partial charge on any atom is 0.674 e. The molecule has 0 fully saturated rings. The van der Waals surface area contributed by atoms with Crippen molar-refractivity contribution in [3.63, 3.8) is 0 Å². The molecule has 0 unspecified atom stereocenters. The van der Waals surface area contributed by atoms with E-state index >= 15 is 0 Å². The molecule has 3 rings (SSSR count). The maximum atomic E-state index is 10.1. The van der Waals surface area contributed by atoms with E-state index in [-0.39, 0.29) is 0 Å². The van der Waals surface area contributed by atoms with Gasteiger partial charge >= 0.3 is 184 Å². The van der Waals surface area contributed by atoms with Gasteiger partial charge in [-0.2, -0.15) is 0 Å². The van der Waals surface area contributed by atoms with Crippen molar-refractivity contribution in [2.75, 3.05) is 6.16 Å². The number of unbranched alkanes of at least 4 members (excludes halogenated alkanes) is 1. The summed E-state index contributed by atoms with van der Waals surface area (Å²) in [6.07, 6.45) is 3.77. The Bertz CT molecular complexity index is 892. The van der Waals surface area contributed by atoms with Crippen LogP contribution in [0.2, 0.25) is 0 Å². The maximum absolute atomic E-state index is 10.1. The molecule has 12 N–H and O–H groups in total. The second-order valence-electron chi connectivity index (χ2n) is 7.97. The quantitative estimate of drug-likeness (QED) is 0.0763. The van der Waals surface area contributed by atoms with Crippen LogP contribution in [0.3, 0.4) is 0 Å². The molecule has 0 saturated heterocycles. The van der Waals surface area contributed by atoms with Crippen molar-refractivity contribution in [3.8, 4) is 0 Å². The zero-order valence-electron chi connectivity index (χ0n) is 24.9. The Hall–Kier alpha value is -2.42. The smallest absolute Gasteiger partial charge is 0.398 e. The van der Waals surface area contributed by atoms with Crippen molar-refractivity contribution in [2.24, 2.45) is 0 Å². The van der Waals surface area contributed by atoms with Gasteiger partial charge in [-0.25, -0.2) is 0 Å². The molecule has 0 amide bonds. The molecule has 0 aliphatic rings.